The minimum absolute atomic E-state index is 0.0785. The lowest BCUT2D eigenvalue weighted by molar-refractivity contribution is -0.153. The molecule has 3 unspecified atom stereocenters. The van der Waals surface area contributed by atoms with Gasteiger partial charge in [-0.15, -0.1) is 6.58 Å². The Morgan fingerprint density at radius 2 is 0.890 bits per heavy atom. The van der Waals surface area contributed by atoms with E-state index in [2.05, 4.69) is 87.4 Å². The molecule has 15 amide bonds. The van der Waals surface area contributed by atoms with Crippen LogP contribution in [0.25, 0.3) is 0 Å². The standard InChI is InChI=1S/C39H55N5O7.C36H59N5O7.C31H44F3N5O8/c1-39(2)27-21-44(32(29(27)39)35(47)41-28(20-23-18-19-23)33(45)34(40)46)36(48)30(25-14-8-4-9-15-25)42-38(50)43-31(26-16-10-5-11-17-26)37(49)51-22-24-12-6-3-7-13-24;1-10-12-18-24(28(42)31(44)37-19-11-2)38-30(43)27-25-23(36(25,8)9)20-41(27)32(45)26(22-16-14-13-15-17-22)39-34(47)40-29(35(5,6)7)33(46)48-21(3)4;1-15(2)20(27(44)47-14-16-9-8-12-46-16)37-28(45)38-23(29(3,4)5)26(43)39-13-17-19(30(17,6)7)21(39)25(42)36-18(22(40)24(35)41)10-11-31(32,33)34/h3,6-7,12-13,23,25-32H,4-5,8-11,14-22H2,1-2H3,(H2,40,46)(H,41,47)(H2,42,43,50);11,21-27,29H,2,10,12-20H2,1,3-9H3,(H,37,44)(H,38,43)(H2,39,40,47);8-9,12,15,17-21,23H,10-11,13-14H2,1-7H3,(H2,35,41)(H,36,42)(H2,37,38,45)/t27-,28?,29-,30-,31-,32-;23-,24?,25-,26-,27-,29+;17-,18?,19-,20-,21-,23+/m000/s1. The van der Waals surface area contributed by atoms with Crippen LogP contribution >= 0.6 is 0 Å². The van der Waals surface area contributed by atoms with Gasteiger partial charge in [0.2, 0.25) is 52.8 Å². The number of hydrogen-bond acceptors (Lipinski definition) is 22. The highest BCUT2D eigenvalue weighted by molar-refractivity contribution is 6.39. The van der Waals surface area contributed by atoms with Crippen LogP contribution in [0.4, 0.5) is 27.6 Å². The van der Waals surface area contributed by atoms with Gasteiger partial charge >= 0.3 is 42.2 Å². The topological polar surface area (TPSA) is 530 Å². The summed E-state index contributed by atoms with van der Waals surface area (Å²) in [6.45, 7) is 35.8. The molecule has 1 aromatic heterocycles. The highest BCUT2D eigenvalue weighted by atomic mass is 19.4. The molecule has 146 heavy (non-hydrogen) atoms. The van der Waals surface area contributed by atoms with Crippen molar-refractivity contribution in [2.45, 2.75) is 363 Å². The number of piperidine rings is 3. The predicted molar refractivity (Wildman–Crippen MR) is 531 cm³/mol. The van der Waals surface area contributed by atoms with Crippen LogP contribution in [0.1, 0.15) is 277 Å². The van der Waals surface area contributed by atoms with E-state index in [4.69, 9.17) is 30.1 Å². The van der Waals surface area contributed by atoms with Gasteiger partial charge in [0.15, 0.2) is 0 Å². The lowest BCUT2D eigenvalue weighted by atomic mass is 9.82. The van der Waals surface area contributed by atoms with Crippen molar-refractivity contribution in [2.24, 2.45) is 104 Å². The van der Waals surface area contributed by atoms with Crippen molar-refractivity contribution >= 4 is 107 Å². The number of nitrogens with one attached hydrogen (secondary N) is 10. The van der Waals surface area contributed by atoms with E-state index in [1.807, 2.05) is 71.9 Å². The lowest BCUT2D eigenvalue weighted by Crippen LogP contribution is -2.62. The van der Waals surface area contributed by atoms with E-state index in [1.54, 1.807) is 70.4 Å². The predicted octanol–water partition coefficient (Wildman–Crippen LogP) is 9.81. The van der Waals surface area contributed by atoms with Crippen molar-refractivity contribution in [3.63, 3.8) is 0 Å². The quantitative estimate of drug-likeness (QED) is 0.0127. The van der Waals surface area contributed by atoms with E-state index in [1.165, 1.54) is 17.2 Å². The normalized spacial score (nSPS) is 24.0. The number of esters is 3. The number of benzene rings is 1. The number of likely N-dealkylation sites (tertiary alicyclic amines) is 3. The molecule has 12 rings (SSSR count). The Hall–Kier alpha value is -11.5. The van der Waals surface area contributed by atoms with E-state index in [0.29, 0.717) is 38.1 Å². The number of Topliss-reactive ketones (excluding diaryl/α,β-unsaturated/α-hetero) is 3. The molecule has 37 nitrogen and oxygen atoms in total. The molecule has 14 N–H and O–H groups in total. The molecule has 0 radical (unpaired) electrons. The maximum atomic E-state index is 14.6. The molecule has 810 valence electrons. The summed E-state index contributed by atoms with van der Waals surface area (Å²) in [6, 6.07) is -2.21. The summed E-state index contributed by atoms with van der Waals surface area (Å²) < 4.78 is 60.5. The number of halogens is 3. The van der Waals surface area contributed by atoms with Crippen LogP contribution in [-0.4, -0.2) is 232 Å². The lowest BCUT2D eigenvalue weighted by Gasteiger charge is -2.38. The Morgan fingerprint density at radius 3 is 1.30 bits per heavy atom. The number of nitrogens with zero attached hydrogens (tertiary/aromatic N) is 3. The maximum Gasteiger partial charge on any atom is 0.389 e. The van der Waals surface area contributed by atoms with Gasteiger partial charge in [0.05, 0.1) is 30.5 Å². The molecule has 3 saturated heterocycles. The fourth-order valence-corrected chi connectivity index (χ4v) is 22.7. The van der Waals surface area contributed by atoms with Gasteiger partial charge in [0.1, 0.15) is 73.4 Å². The summed E-state index contributed by atoms with van der Waals surface area (Å²) in [7, 11) is 0. The first-order valence-corrected chi connectivity index (χ1v) is 52.3. The van der Waals surface area contributed by atoms with Crippen molar-refractivity contribution in [1.29, 1.82) is 0 Å². The van der Waals surface area contributed by atoms with Gasteiger partial charge in [-0.3, -0.25) is 57.5 Å². The molecule has 7 saturated carbocycles. The number of amides is 15. The number of urea groups is 3. The molecule has 10 fully saturated rings. The zero-order chi connectivity index (χ0) is 108. The van der Waals surface area contributed by atoms with Crippen LogP contribution in [0.2, 0.25) is 0 Å². The van der Waals surface area contributed by atoms with Gasteiger partial charge in [0.25, 0.3) is 17.7 Å². The van der Waals surface area contributed by atoms with Gasteiger partial charge in [-0.2, -0.15) is 13.2 Å². The number of fused-ring (bicyclic) bond motifs is 3. The highest BCUT2D eigenvalue weighted by Gasteiger charge is 2.73. The first-order valence-electron chi connectivity index (χ1n) is 52.3. The second kappa shape index (κ2) is 49.5. The van der Waals surface area contributed by atoms with Gasteiger partial charge in [0, 0.05) is 32.6 Å². The Balaban J connectivity index is 0.000000225. The number of hydrogen-bond donors (Lipinski definition) is 12. The molecule has 2 aromatic rings. The number of carbonyl (C=O) groups excluding carboxylic acids is 18. The van der Waals surface area contributed by atoms with Crippen molar-refractivity contribution in [2.75, 3.05) is 26.2 Å². The largest absolute Gasteiger partial charge is 0.466 e. The van der Waals surface area contributed by atoms with E-state index < -0.39 is 214 Å². The maximum absolute atomic E-state index is 14.6. The number of furan rings is 1. The highest BCUT2D eigenvalue weighted by Crippen LogP contribution is 2.67. The molecule has 0 spiro atoms. The molecule has 1 aromatic carbocycles. The zero-order valence-electron chi connectivity index (χ0n) is 87.9. The first kappa shape index (κ1) is 116. The minimum atomic E-state index is -4.67. The molecule has 3 aliphatic heterocycles. The Labute approximate surface area is 854 Å². The summed E-state index contributed by atoms with van der Waals surface area (Å²) in [5.41, 5.74) is 8.89. The van der Waals surface area contributed by atoms with Crippen molar-refractivity contribution < 1.29 is 118 Å². The summed E-state index contributed by atoms with van der Waals surface area (Å²) in [5, 5.41) is 27.2. The van der Waals surface area contributed by atoms with Crippen LogP contribution < -0.4 is 64.6 Å². The molecule has 4 heterocycles. The zero-order valence-corrected chi connectivity index (χ0v) is 87.9. The monoisotopic (exact) mass is 2050 g/mol. The molecular weight excluding hydrogens is 1890 g/mol. The summed E-state index contributed by atoms with van der Waals surface area (Å²) in [4.78, 5) is 244. The van der Waals surface area contributed by atoms with Crippen LogP contribution in [0.5, 0.6) is 0 Å². The van der Waals surface area contributed by atoms with Crippen LogP contribution in [0, 0.1) is 92.2 Å². The number of unbranched alkanes of at least 4 members (excludes halogenated alkanes) is 1. The number of alkyl halides is 3. The SMILES string of the molecule is C=CCNC(=O)C(=O)C(CCCC)NC(=O)[C@@H]1[C@@H]2[C@H](CN1C(=O)[C@@H](NC(=O)N[C@H](C(=O)OC(C)C)C(C)(C)C)C1CCCCC1)C2(C)C.CC(C)[C@H](NC(=O)N[C@H](C(=O)N1C[C@H]2[C@@H]([C@H]1C(=O)NC(CCC(F)(F)F)C(=O)C(N)=O)C2(C)C)C(C)(C)C)C(=O)OCc1ccco1.CC1(C)[C@@H]2[C@@H](C(=O)NC(CC3CC3)C(=O)C(N)=O)N(C(=O)[C@@H](NC(=O)N[C@H](C(=O)OCc3ccccc3)C3CCCCC3)C3CCCCC3)C[C@@H]21. The van der Waals surface area contributed by atoms with Crippen molar-refractivity contribution in [3.05, 3.63) is 72.7 Å². The first-order chi connectivity index (χ1) is 68.5. The Bertz CT molecular complexity index is 5010. The van der Waals surface area contributed by atoms with Crippen LogP contribution in [-0.2, 0) is 99.3 Å². The third kappa shape index (κ3) is 30.0. The fraction of sp³-hybridized carbons (Fsp3) is 0.717. The van der Waals surface area contributed by atoms with Crippen LogP contribution in [0.3, 0.4) is 0 Å². The molecular formula is C106H158F3N15O22. The summed E-state index contributed by atoms with van der Waals surface area (Å²) in [5.74, 6) is -12.0. The second-order valence-electron chi connectivity index (χ2n) is 46.2. The average Bonchev–Trinajstić information content (AvgIpc) is 1.53. The van der Waals surface area contributed by atoms with Gasteiger partial charge in [-0.1, -0.05) is 224 Å². The molecule has 7 aliphatic carbocycles. The van der Waals surface area contributed by atoms with E-state index >= 15 is 0 Å². The number of primary amides is 2. The third-order valence-electron chi connectivity index (χ3n) is 31.6. The molecule has 40 heteroatoms. The number of ether oxygens (including phenoxy) is 3. The molecule has 10 aliphatic rings. The van der Waals surface area contributed by atoms with Crippen molar-refractivity contribution in [3.8, 4) is 0 Å². The molecule has 0 bridgehead atoms. The van der Waals surface area contributed by atoms with Crippen molar-refractivity contribution in [1.82, 2.24) is 67.9 Å². The third-order valence-corrected chi connectivity index (χ3v) is 31.6. The molecule has 18 atom stereocenters. The number of carbonyl (C=O) groups is 18. The Kier molecular flexibility index (Phi) is 39.5. The average molecular weight is 2050 g/mol. The summed E-state index contributed by atoms with van der Waals surface area (Å²) >= 11 is 0. The van der Waals surface area contributed by atoms with E-state index in [9.17, 15) is 99.5 Å². The Morgan fingerprint density at radius 1 is 0.479 bits per heavy atom. The van der Waals surface area contributed by atoms with Gasteiger partial charge in [-0.05, 0) is 182 Å². The van der Waals surface area contributed by atoms with E-state index in [0.717, 1.165) is 121 Å². The summed E-state index contributed by atoms with van der Waals surface area (Å²) in [6.07, 6.45) is 12.7. The fourth-order valence-electron chi connectivity index (χ4n) is 22.7. The van der Waals surface area contributed by atoms with Gasteiger partial charge < -0.3 is 98.0 Å². The number of nitrogens with two attached hydrogens (primary N) is 2. The van der Waals surface area contributed by atoms with Gasteiger partial charge in [-0.25, -0.2) is 28.8 Å². The van der Waals surface area contributed by atoms with E-state index in [-0.39, 0.29) is 108 Å². The number of ketones is 3. The number of rotatable bonds is 42. The minimum Gasteiger partial charge on any atom is -0.466 e. The second-order valence-corrected chi connectivity index (χ2v) is 46.2. The smallest absolute Gasteiger partial charge is 0.389 e. The van der Waals surface area contributed by atoms with Crippen LogP contribution in [0.15, 0.2) is 65.8 Å².